The number of ether oxygens (including phenoxy) is 1. The van der Waals surface area contributed by atoms with Crippen LogP contribution in [-0.4, -0.2) is 35.4 Å². The third-order valence-electron chi connectivity index (χ3n) is 3.97. The molecule has 0 fully saturated rings. The molecule has 1 aromatic heterocycles. The van der Waals surface area contributed by atoms with Gasteiger partial charge in [0.2, 0.25) is 0 Å². The van der Waals surface area contributed by atoms with Crippen molar-refractivity contribution in [2.24, 2.45) is 5.92 Å². The van der Waals surface area contributed by atoms with Gasteiger partial charge < -0.3 is 9.64 Å². The van der Waals surface area contributed by atoms with Crippen molar-refractivity contribution in [3.8, 4) is 0 Å². The Bertz CT molecular complexity index is 834. The molecule has 1 amide bonds. The van der Waals surface area contributed by atoms with Crippen LogP contribution in [0.15, 0.2) is 29.6 Å². The number of hydrogen-bond donors (Lipinski definition) is 0. The number of esters is 1. The number of carbonyl (C=O) groups excluding carboxylic acids is 2. The number of nitrogens with zero attached hydrogens (tertiary/aromatic N) is 2. The summed E-state index contributed by atoms with van der Waals surface area (Å²) in [7, 11) is 1.24. The van der Waals surface area contributed by atoms with Gasteiger partial charge in [-0.1, -0.05) is 19.9 Å². The Morgan fingerprint density at radius 3 is 2.61 bits per heavy atom. The van der Waals surface area contributed by atoms with Crippen molar-refractivity contribution in [1.82, 2.24) is 9.88 Å². The van der Waals surface area contributed by atoms with Crippen molar-refractivity contribution >= 4 is 23.2 Å². The van der Waals surface area contributed by atoms with E-state index in [0.717, 1.165) is 12.1 Å². The van der Waals surface area contributed by atoms with E-state index < -0.39 is 23.6 Å². The van der Waals surface area contributed by atoms with Crippen molar-refractivity contribution in [2.45, 2.75) is 33.0 Å². The summed E-state index contributed by atoms with van der Waals surface area (Å²) >= 11 is 1.19. The van der Waals surface area contributed by atoms with E-state index in [1.807, 2.05) is 13.8 Å². The number of aromatic nitrogens is 1. The number of rotatable bonds is 7. The number of amides is 1. The number of thiazole rings is 1. The van der Waals surface area contributed by atoms with Crippen LogP contribution in [0.2, 0.25) is 0 Å². The Morgan fingerprint density at radius 2 is 2.00 bits per heavy atom. The number of methoxy groups -OCH3 is 1. The fraction of sp³-hybridized carbons (Fsp3) is 0.421. The van der Waals surface area contributed by atoms with E-state index in [0.29, 0.717) is 23.9 Å². The topological polar surface area (TPSA) is 59.5 Å². The number of halogens is 3. The van der Waals surface area contributed by atoms with Crippen molar-refractivity contribution in [3.63, 3.8) is 0 Å². The Labute approximate surface area is 165 Å². The first-order valence-electron chi connectivity index (χ1n) is 8.61. The average Bonchev–Trinajstić information content (AvgIpc) is 3.11. The molecule has 1 heterocycles. The summed E-state index contributed by atoms with van der Waals surface area (Å²) in [5, 5.41) is 2.03. The van der Waals surface area contributed by atoms with Gasteiger partial charge in [0.15, 0.2) is 5.69 Å². The van der Waals surface area contributed by atoms with E-state index in [-0.39, 0.29) is 17.8 Å². The Kier molecular flexibility index (Phi) is 7.17. The molecule has 0 bridgehead atoms. The predicted octanol–water partition coefficient (Wildman–Crippen LogP) is 4.64. The second kappa shape index (κ2) is 9.18. The van der Waals surface area contributed by atoms with Gasteiger partial charge in [0.25, 0.3) is 5.91 Å². The monoisotopic (exact) mass is 414 g/mol. The lowest BCUT2D eigenvalue weighted by Crippen LogP contribution is -2.32. The summed E-state index contributed by atoms with van der Waals surface area (Å²) in [6.07, 6.45) is -3.84. The second-order valence-electron chi connectivity index (χ2n) is 6.61. The largest absolute Gasteiger partial charge is 0.464 e. The molecular formula is C19H21F3N2O3S. The van der Waals surface area contributed by atoms with Gasteiger partial charge in [-0.05, 0) is 30.5 Å². The molecule has 9 heteroatoms. The first-order valence-corrected chi connectivity index (χ1v) is 9.49. The maximum atomic E-state index is 13.0. The molecule has 2 rings (SSSR count). The second-order valence-corrected chi connectivity index (χ2v) is 7.55. The molecule has 5 nitrogen and oxygen atoms in total. The predicted molar refractivity (Wildman–Crippen MR) is 99.1 cm³/mol. The number of benzene rings is 1. The normalized spacial score (nSPS) is 11.5. The molecule has 0 radical (unpaired) electrons. The van der Waals surface area contributed by atoms with Crippen molar-refractivity contribution < 1.29 is 27.5 Å². The minimum atomic E-state index is -4.52. The fourth-order valence-corrected chi connectivity index (χ4v) is 3.20. The molecule has 0 aliphatic rings. The van der Waals surface area contributed by atoms with Crippen LogP contribution in [0, 0.1) is 5.92 Å². The molecule has 0 spiro atoms. The zero-order valence-corrected chi connectivity index (χ0v) is 16.6. The standard InChI is InChI=1S/C19H21F3N2O3S/c1-12(2)7-8-24(10-16-23-15(11-28-16)18(26)27-3)17(25)13-5-4-6-14(9-13)19(20,21)22/h4-6,9,11-12H,7-8,10H2,1-3H3. The summed E-state index contributed by atoms with van der Waals surface area (Å²) in [4.78, 5) is 30.0. The first kappa shape index (κ1) is 21.9. The van der Waals surface area contributed by atoms with Gasteiger partial charge in [-0.2, -0.15) is 13.2 Å². The van der Waals surface area contributed by atoms with E-state index in [4.69, 9.17) is 0 Å². The number of alkyl halides is 3. The van der Waals surface area contributed by atoms with Crippen LogP contribution in [0.4, 0.5) is 13.2 Å². The lowest BCUT2D eigenvalue weighted by Gasteiger charge is -2.23. The van der Waals surface area contributed by atoms with Gasteiger partial charge in [0.05, 0.1) is 19.2 Å². The molecule has 2 aromatic rings. The molecule has 0 saturated carbocycles. The van der Waals surface area contributed by atoms with Crippen LogP contribution < -0.4 is 0 Å². The van der Waals surface area contributed by atoms with E-state index >= 15 is 0 Å². The molecule has 0 aliphatic heterocycles. The average molecular weight is 414 g/mol. The molecule has 0 N–H and O–H groups in total. The lowest BCUT2D eigenvalue weighted by molar-refractivity contribution is -0.137. The molecule has 28 heavy (non-hydrogen) atoms. The summed E-state index contributed by atoms with van der Waals surface area (Å²) in [6.45, 7) is 4.45. The molecule has 0 aliphatic carbocycles. The van der Waals surface area contributed by atoms with Crippen LogP contribution in [0.3, 0.4) is 0 Å². The van der Waals surface area contributed by atoms with Crippen molar-refractivity contribution in [3.05, 3.63) is 51.5 Å². The quantitative estimate of drug-likeness (QED) is 0.620. The zero-order valence-electron chi connectivity index (χ0n) is 15.7. The fourth-order valence-electron chi connectivity index (χ4n) is 2.42. The van der Waals surface area contributed by atoms with E-state index in [1.54, 1.807) is 0 Å². The maximum absolute atomic E-state index is 13.0. The highest BCUT2D eigenvalue weighted by Crippen LogP contribution is 2.30. The highest BCUT2D eigenvalue weighted by atomic mass is 32.1. The SMILES string of the molecule is COC(=O)c1csc(CN(CCC(C)C)C(=O)c2cccc(C(F)(F)F)c2)n1. The Hall–Kier alpha value is -2.42. The Balaban J connectivity index is 2.26. The van der Waals surface area contributed by atoms with Gasteiger partial charge >= 0.3 is 12.1 Å². The van der Waals surface area contributed by atoms with Crippen LogP contribution >= 0.6 is 11.3 Å². The smallest absolute Gasteiger partial charge is 0.416 e. The number of carbonyl (C=O) groups is 2. The minimum Gasteiger partial charge on any atom is -0.464 e. The molecular weight excluding hydrogens is 393 g/mol. The molecule has 0 atom stereocenters. The summed E-state index contributed by atoms with van der Waals surface area (Å²) in [5.74, 6) is -0.791. The van der Waals surface area contributed by atoms with E-state index in [1.165, 1.54) is 40.9 Å². The van der Waals surface area contributed by atoms with Gasteiger partial charge in [0.1, 0.15) is 5.01 Å². The van der Waals surface area contributed by atoms with E-state index in [9.17, 15) is 22.8 Å². The summed E-state index contributed by atoms with van der Waals surface area (Å²) < 4.78 is 43.5. The minimum absolute atomic E-state index is 0.0386. The molecule has 152 valence electrons. The number of hydrogen-bond acceptors (Lipinski definition) is 5. The Morgan fingerprint density at radius 1 is 1.29 bits per heavy atom. The van der Waals surface area contributed by atoms with Crippen LogP contribution in [0.25, 0.3) is 0 Å². The van der Waals surface area contributed by atoms with Gasteiger partial charge in [-0.3, -0.25) is 4.79 Å². The van der Waals surface area contributed by atoms with Crippen molar-refractivity contribution in [1.29, 1.82) is 0 Å². The third kappa shape index (κ3) is 5.79. The van der Waals surface area contributed by atoms with Gasteiger partial charge in [0, 0.05) is 17.5 Å². The highest BCUT2D eigenvalue weighted by Gasteiger charge is 2.31. The van der Waals surface area contributed by atoms with Crippen LogP contribution in [0.5, 0.6) is 0 Å². The highest BCUT2D eigenvalue weighted by molar-refractivity contribution is 7.09. The third-order valence-corrected chi connectivity index (χ3v) is 4.81. The summed E-state index contributed by atoms with van der Waals surface area (Å²) in [5.41, 5.74) is -0.773. The lowest BCUT2D eigenvalue weighted by atomic mass is 10.1. The van der Waals surface area contributed by atoms with Crippen LogP contribution in [0.1, 0.15) is 51.7 Å². The van der Waals surface area contributed by atoms with Crippen molar-refractivity contribution in [2.75, 3.05) is 13.7 Å². The summed E-state index contributed by atoms with van der Waals surface area (Å²) in [6, 6.07) is 4.36. The molecule has 1 aromatic carbocycles. The van der Waals surface area contributed by atoms with Crippen LogP contribution in [-0.2, 0) is 17.5 Å². The molecule has 0 unspecified atom stereocenters. The van der Waals surface area contributed by atoms with E-state index in [2.05, 4.69) is 9.72 Å². The zero-order chi connectivity index (χ0) is 20.9. The maximum Gasteiger partial charge on any atom is 0.416 e. The first-order chi connectivity index (χ1) is 13.1. The van der Waals surface area contributed by atoms with Gasteiger partial charge in [-0.25, -0.2) is 9.78 Å². The van der Waals surface area contributed by atoms with Gasteiger partial charge in [-0.15, -0.1) is 11.3 Å². The molecule has 0 saturated heterocycles.